The third-order valence-electron chi connectivity index (χ3n) is 8.52. The van der Waals surface area contributed by atoms with Gasteiger partial charge in [0.2, 0.25) is 0 Å². The molecule has 3 unspecified atom stereocenters. The van der Waals surface area contributed by atoms with Crippen LogP contribution in [0.4, 0.5) is 4.79 Å². The molecule has 0 fully saturated rings. The molecule has 0 radical (unpaired) electrons. The summed E-state index contributed by atoms with van der Waals surface area (Å²) in [7, 11) is 3.17. The van der Waals surface area contributed by atoms with Crippen LogP contribution in [0.5, 0.6) is 11.5 Å². The lowest BCUT2D eigenvalue weighted by Crippen LogP contribution is -2.52. The van der Waals surface area contributed by atoms with E-state index in [-0.39, 0.29) is 0 Å². The molecule has 0 aromatic heterocycles. The van der Waals surface area contributed by atoms with Gasteiger partial charge in [0.05, 0.1) is 31.4 Å². The van der Waals surface area contributed by atoms with Crippen molar-refractivity contribution in [3.63, 3.8) is 0 Å². The first-order chi connectivity index (χ1) is 20.9. The number of aryl methyl sites for hydroxylation is 1. The molecule has 2 heterocycles. The Kier molecular flexibility index (Phi) is 6.27. The number of hydrogen-bond donors (Lipinski definition) is 1. The summed E-state index contributed by atoms with van der Waals surface area (Å²) in [6.45, 7) is 2.00. The third-order valence-corrected chi connectivity index (χ3v) is 8.52. The van der Waals surface area contributed by atoms with Crippen molar-refractivity contribution in [2.75, 3.05) is 14.2 Å². The highest BCUT2D eigenvalue weighted by Gasteiger charge is 2.53. The van der Waals surface area contributed by atoms with Gasteiger partial charge in [0.1, 0.15) is 11.5 Å². The minimum absolute atomic E-state index is 0.290. The summed E-state index contributed by atoms with van der Waals surface area (Å²) in [6.07, 6.45) is 2.09. The molecule has 0 saturated carbocycles. The number of urea groups is 1. The first kappa shape index (κ1) is 26.5. The summed E-state index contributed by atoms with van der Waals surface area (Å²) in [5.74, 6) is -0.613. The second-order valence-electron chi connectivity index (χ2n) is 10.9. The molecule has 3 atom stereocenters. The van der Waals surface area contributed by atoms with Gasteiger partial charge >= 0.3 is 6.03 Å². The number of rotatable bonds is 4. The van der Waals surface area contributed by atoms with Crippen molar-refractivity contribution in [1.29, 1.82) is 0 Å². The average Bonchev–Trinajstić information content (AvgIpc) is 3.04. The summed E-state index contributed by atoms with van der Waals surface area (Å²) in [4.78, 5) is 26.8. The third kappa shape index (κ3) is 4.17. The van der Waals surface area contributed by atoms with Gasteiger partial charge in [-0.25, -0.2) is 4.79 Å². The van der Waals surface area contributed by atoms with Gasteiger partial charge in [-0.1, -0.05) is 78.4 Å². The number of benzene rings is 4. The Labute approximate surface area is 248 Å². The number of fused-ring (bicyclic) bond motifs is 7. The number of carbonyl (C=O) groups excluding carboxylic acids is 2. The summed E-state index contributed by atoms with van der Waals surface area (Å²) >= 11 is 0. The van der Waals surface area contributed by atoms with Gasteiger partial charge in [-0.15, -0.1) is 5.01 Å². The lowest BCUT2D eigenvalue weighted by atomic mass is 9.63. The molecule has 2 N–H and O–H groups in total. The number of primary amides is 1. The standard InChI is InChI=1S/C35H29N3O5/c1-19-8-10-22(11-9-19)31-30-28(33(39)38(37-31)35(36)40)26(21-12-15-23(41-2)16-13-21)18-27-25-17-14-20-6-4-5-7-24(20)32(25)43-34(42-3)29(27)30/h4-18,26,28,30H,1-3H3,(H2,36,40). The fraction of sp³-hybridized carbons (Fsp3) is 0.171. The SMILES string of the molecule is COC1=C2C(=CC(c3ccc(OC)cc3)C3C(=O)N(C(N)=O)N=C(c4ccc(C)cc4)C23)c2ccc3ccccc3c2O1. The number of nitrogens with zero attached hydrogens (tertiary/aromatic N) is 2. The fourth-order valence-electron chi connectivity index (χ4n) is 6.48. The Bertz CT molecular complexity index is 1890. The van der Waals surface area contributed by atoms with Crippen LogP contribution >= 0.6 is 0 Å². The molecule has 3 amide bonds. The monoisotopic (exact) mass is 571 g/mol. The fourth-order valence-corrected chi connectivity index (χ4v) is 6.48. The molecule has 4 aromatic carbocycles. The largest absolute Gasteiger partial charge is 0.497 e. The Morgan fingerprint density at radius 1 is 0.930 bits per heavy atom. The van der Waals surface area contributed by atoms with E-state index in [9.17, 15) is 9.59 Å². The van der Waals surface area contributed by atoms with Crippen LogP contribution < -0.4 is 15.2 Å². The van der Waals surface area contributed by atoms with Crippen molar-refractivity contribution in [2.45, 2.75) is 12.8 Å². The van der Waals surface area contributed by atoms with Crippen molar-refractivity contribution >= 4 is 34.0 Å². The van der Waals surface area contributed by atoms with E-state index < -0.39 is 29.7 Å². The van der Waals surface area contributed by atoms with E-state index in [0.717, 1.165) is 43.6 Å². The molecule has 2 aliphatic heterocycles. The van der Waals surface area contributed by atoms with Crippen molar-refractivity contribution in [3.8, 4) is 11.5 Å². The topological polar surface area (TPSA) is 103 Å². The van der Waals surface area contributed by atoms with Crippen LogP contribution in [-0.2, 0) is 9.53 Å². The molecule has 4 aromatic rings. The number of allylic oxidation sites excluding steroid dienone is 3. The van der Waals surface area contributed by atoms with Crippen LogP contribution in [0.1, 0.15) is 28.2 Å². The predicted octanol–water partition coefficient (Wildman–Crippen LogP) is 6.15. The molecule has 0 bridgehead atoms. The number of methoxy groups -OCH3 is 2. The molecule has 43 heavy (non-hydrogen) atoms. The molecule has 3 aliphatic rings. The molecular formula is C35H29N3O5. The molecule has 8 nitrogen and oxygen atoms in total. The maximum absolute atomic E-state index is 14.2. The summed E-state index contributed by atoms with van der Waals surface area (Å²) in [5.41, 5.74) is 11.5. The van der Waals surface area contributed by atoms with Crippen LogP contribution in [0.15, 0.2) is 108 Å². The Balaban J connectivity index is 1.54. The number of carbonyl (C=O) groups is 2. The van der Waals surface area contributed by atoms with E-state index in [1.807, 2.05) is 85.8 Å². The lowest BCUT2D eigenvalue weighted by molar-refractivity contribution is -0.134. The van der Waals surface area contributed by atoms with E-state index >= 15 is 0 Å². The maximum Gasteiger partial charge on any atom is 0.342 e. The van der Waals surface area contributed by atoms with E-state index in [1.165, 1.54) is 0 Å². The number of amides is 3. The zero-order valence-corrected chi connectivity index (χ0v) is 23.9. The lowest BCUT2D eigenvalue weighted by Gasteiger charge is -2.44. The molecule has 1 aliphatic carbocycles. The Hall–Kier alpha value is -5.37. The minimum atomic E-state index is -0.936. The van der Waals surface area contributed by atoms with Crippen molar-refractivity contribution < 1.29 is 23.8 Å². The highest BCUT2D eigenvalue weighted by molar-refractivity contribution is 6.14. The van der Waals surface area contributed by atoms with Gasteiger partial charge in [0.25, 0.3) is 11.9 Å². The Morgan fingerprint density at radius 3 is 2.37 bits per heavy atom. The average molecular weight is 572 g/mol. The molecule has 8 heteroatoms. The van der Waals surface area contributed by atoms with Crippen molar-refractivity contribution in [2.24, 2.45) is 22.7 Å². The zero-order valence-electron chi connectivity index (χ0n) is 23.9. The normalized spacial score (nSPS) is 20.8. The van der Waals surface area contributed by atoms with Crippen LogP contribution in [0.3, 0.4) is 0 Å². The summed E-state index contributed by atoms with van der Waals surface area (Å²) < 4.78 is 17.9. The highest BCUT2D eigenvalue weighted by Crippen LogP contribution is 2.55. The second-order valence-corrected chi connectivity index (χ2v) is 10.9. The number of imide groups is 1. The number of hydrogen-bond acceptors (Lipinski definition) is 6. The first-order valence-corrected chi connectivity index (χ1v) is 14.0. The van der Waals surface area contributed by atoms with E-state index in [4.69, 9.17) is 19.9 Å². The first-order valence-electron chi connectivity index (χ1n) is 14.0. The summed E-state index contributed by atoms with van der Waals surface area (Å²) in [6, 6.07) is 26.7. The van der Waals surface area contributed by atoms with E-state index in [2.05, 4.69) is 17.2 Å². The van der Waals surface area contributed by atoms with Gasteiger partial charge in [-0.05, 0) is 47.2 Å². The number of nitrogens with two attached hydrogens (primary N) is 1. The minimum Gasteiger partial charge on any atom is -0.497 e. The van der Waals surface area contributed by atoms with E-state index in [1.54, 1.807) is 14.2 Å². The summed E-state index contributed by atoms with van der Waals surface area (Å²) in [5, 5.41) is 7.38. The molecule has 214 valence electrons. The molecule has 7 rings (SSSR count). The van der Waals surface area contributed by atoms with Gasteiger partial charge < -0.3 is 19.9 Å². The Morgan fingerprint density at radius 2 is 1.67 bits per heavy atom. The highest BCUT2D eigenvalue weighted by atomic mass is 16.7. The van der Waals surface area contributed by atoms with Crippen molar-refractivity contribution in [3.05, 3.63) is 125 Å². The quantitative estimate of drug-likeness (QED) is 0.317. The second kappa shape index (κ2) is 10.2. The van der Waals surface area contributed by atoms with E-state index in [0.29, 0.717) is 28.7 Å². The van der Waals surface area contributed by atoms with Crippen LogP contribution in [0.2, 0.25) is 0 Å². The predicted molar refractivity (Wildman–Crippen MR) is 163 cm³/mol. The molecular weight excluding hydrogens is 542 g/mol. The molecule has 0 spiro atoms. The van der Waals surface area contributed by atoms with Crippen molar-refractivity contribution in [1.82, 2.24) is 5.01 Å². The van der Waals surface area contributed by atoms with Gasteiger partial charge in [-0.3, -0.25) is 4.79 Å². The smallest absolute Gasteiger partial charge is 0.342 e. The van der Waals surface area contributed by atoms with Crippen LogP contribution in [-0.4, -0.2) is 36.9 Å². The zero-order chi connectivity index (χ0) is 29.8. The van der Waals surface area contributed by atoms with Crippen LogP contribution in [0.25, 0.3) is 16.3 Å². The maximum atomic E-state index is 14.2. The van der Waals surface area contributed by atoms with Crippen LogP contribution in [0, 0.1) is 18.8 Å². The number of hydrazone groups is 1. The van der Waals surface area contributed by atoms with Gasteiger partial charge in [0, 0.05) is 22.8 Å². The molecule has 0 saturated heterocycles. The number of ether oxygens (including phenoxy) is 3. The van der Waals surface area contributed by atoms with Gasteiger partial charge in [0.15, 0.2) is 0 Å². The van der Waals surface area contributed by atoms with Gasteiger partial charge in [-0.2, -0.15) is 5.10 Å².